The second-order valence-electron chi connectivity index (χ2n) is 4.66. The fourth-order valence-electron chi connectivity index (χ4n) is 1.72. The van der Waals surface area contributed by atoms with Gasteiger partial charge in [0.05, 0.1) is 6.20 Å². The largest absolute Gasteiger partial charge is 0.312 e. The molecule has 0 saturated heterocycles. The van der Waals surface area contributed by atoms with Gasteiger partial charge in [-0.25, -0.2) is 8.78 Å². The predicted molar refractivity (Wildman–Crippen MR) is 67.8 cm³/mol. The van der Waals surface area contributed by atoms with Gasteiger partial charge in [-0.05, 0) is 40.5 Å². The minimum atomic E-state index is -2.36. The summed E-state index contributed by atoms with van der Waals surface area (Å²) in [5.74, 6) is 0. The maximum atomic E-state index is 12.3. The van der Waals surface area contributed by atoms with Crippen LogP contribution >= 0.6 is 0 Å². The van der Waals surface area contributed by atoms with Crippen LogP contribution in [0.15, 0.2) is 6.20 Å². The number of halogens is 2. The smallest absolute Gasteiger partial charge is 0.257 e. The first-order chi connectivity index (χ1) is 8.50. The molecule has 4 nitrogen and oxygen atoms in total. The highest BCUT2D eigenvalue weighted by molar-refractivity contribution is 5.15. The highest BCUT2D eigenvalue weighted by Crippen LogP contribution is 2.09. The molecule has 0 aliphatic heterocycles. The van der Waals surface area contributed by atoms with Crippen molar-refractivity contribution in [1.82, 2.24) is 20.0 Å². The van der Waals surface area contributed by atoms with Crippen LogP contribution in [0, 0.1) is 6.92 Å². The average Bonchev–Trinajstić information content (AvgIpc) is 2.60. The van der Waals surface area contributed by atoms with Gasteiger partial charge < -0.3 is 10.2 Å². The molecule has 1 aromatic heterocycles. The van der Waals surface area contributed by atoms with Crippen LogP contribution in [0.5, 0.6) is 0 Å². The topological polar surface area (TPSA) is 33.1 Å². The van der Waals surface area contributed by atoms with E-state index in [0.29, 0.717) is 6.54 Å². The zero-order valence-electron chi connectivity index (χ0n) is 11.3. The van der Waals surface area contributed by atoms with E-state index in [0.717, 1.165) is 30.8 Å². The molecule has 0 aromatic carbocycles. The summed E-state index contributed by atoms with van der Waals surface area (Å²) in [6.45, 7) is 4.13. The Morgan fingerprint density at radius 2 is 2.17 bits per heavy atom. The van der Waals surface area contributed by atoms with Crippen LogP contribution in [0.25, 0.3) is 0 Å². The third-order valence-electron chi connectivity index (χ3n) is 2.79. The molecule has 0 spiro atoms. The second-order valence-corrected chi connectivity index (χ2v) is 4.66. The van der Waals surface area contributed by atoms with Crippen molar-refractivity contribution >= 4 is 0 Å². The number of hydrogen-bond donors (Lipinski definition) is 1. The maximum Gasteiger partial charge on any atom is 0.257 e. The van der Waals surface area contributed by atoms with E-state index in [-0.39, 0.29) is 6.54 Å². The molecule has 0 amide bonds. The Morgan fingerprint density at radius 1 is 1.44 bits per heavy atom. The van der Waals surface area contributed by atoms with Crippen molar-refractivity contribution in [2.75, 3.05) is 27.2 Å². The fraction of sp³-hybridized carbons (Fsp3) is 0.750. The third kappa shape index (κ3) is 5.10. The van der Waals surface area contributed by atoms with Gasteiger partial charge in [-0.2, -0.15) is 5.10 Å². The van der Waals surface area contributed by atoms with Crippen LogP contribution in [-0.4, -0.2) is 48.3 Å². The molecule has 6 heteroatoms. The Kier molecular flexibility index (Phi) is 6.21. The summed E-state index contributed by atoms with van der Waals surface area (Å²) in [5, 5.41) is 7.27. The molecule has 1 N–H and O–H groups in total. The van der Waals surface area contributed by atoms with Crippen molar-refractivity contribution in [3.05, 3.63) is 17.5 Å². The third-order valence-corrected chi connectivity index (χ3v) is 2.79. The minimum absolute atomic E-state index is 0.327. The summed E-state index contributed by atoms with van der Waals surface area (Å²) in [7, 11) is 4.08. The first-order valence-corrected chi connectivity index (χ1v) is 6.15. The number of aromatic nitrogens is 2. The average molecular weight is 260 g/mol. The molecule has 1 rings (SSSR count). The molecule has 1 aromatic rings. The molecule has 0 unspecified atom stereocenters. The van der Waals surface area contributed by atoms with Gasteiger partial charge in [0, 0.05) is 17.8 Å². The quantitative estimate of drug-likeness (QED) is 0.719. The Morgan fingerprint density at radius 3 is 2.78 bits per heavy atom. The Hall–Kier alpha value is -1.01. The van der Waals surface area contributed by atoms with E-state index in [1.807, 2.05) is 21.0 Å². The van der Waals surface area contributed by atoms with E-state index in [2.05, 4.69) is 15.3 Å². The van der Waals surface area contributed by atoms with Crippen molar-refractivity contribution < 1.29 is 8.78 Å². The van der Waals surface area contributed by atoms with Gasteiger partial charge in [0.1, 0.15) is 6.54 Å². The van der Waals surface area contributed by atoms with Gasteiger partial charge in [-0.1, -0.05) is 0 Å². The fourth-order valence-corrected chi connectivity index (χ4v) is 1.72. The monoisotopic (exact) mass is 260 g/mol. The van der Waals surface area contributed by atoms with Crippen molar-refractivity contribution in [2.45, 2.75) is 32.9 Å². The molecule has 0 radical (unpaired) electrons. The molecule has 0 aliphatic carbocycles. The van der Waals surface area contributed by atoms with E-state index in [4.69, 9.17) is 0 Å². The molecular formula is C12H22F2N4. The lowest BCUT2D eigenvalue weighted by atomic mass is 10.2. The summed E-state index contributed by atoms with van der Waals surface area (Å²) in [6, 6.07) is 0. The Balaban J connectivity index is 2.32. The van der Waals surface area contributed by atoms with Crippen LogP contribution in [0.3, 0.4) is 0 Å². The number of rotatable bonds is 8. The molecular weight excluding hydrogens is 238 g/mol. The lowest BCUT2D eigenvalue weighted by molar-refractivity contribution is 0.121. The Bertz CT molecular complexity index is 350. The summed E-state index contributed by atoms with van der Waals surface area (Å²) < 4.78 is 25.9. The SMILES string of the molecule is Cc1c(CNCCCN(C)C)cnn1CC(F)F. The van der Waals surface area contributed by atoms with Crippen LogP contribution in [0.2, 0.25) is 0 Å². The molecule has 104 valence electrons. The van der Waals surface area contributed by atoms with Crippen molar-refractivity contribution in [2.24, 2.45) is 0 Å². The summed E-state index contributed by atoms with van der Waals surface area (Å²) in [5.41, 5.74) is 1.80. The second kappa shape index (κ2) is 7.43. The van der Waals surface area contributed by atoms with E-state index < -0.39 is 6.43 Å². The first-order valence-electron chi connectivity index (χ1n) is 6.15. The first kappa shape index (κ1) is 15.0. The van der Waals surface area contributed by atoms with Gasteiger partial charge in [0.15, 0.2) is 0 Å². The lowest BCUT2D eigenvalue weighted by Crippen LogP contribution is -2.21. The van der Waals surface area contributed by atoms with Gasteiger partial charge in [0.25, 0.3) is 6.43 Å². The predicted octanol–water partition coefficient (Wildman–Crippen LogP) is 1.50. The number of hydrogen-bond acceptors (Lipinski definition) is 3. The van der Waals surface area contributed by atoms with Gasteiger partial charge >= 0.3 is 0 Å². The van der Waals surface area contributed by atoms with E-state index in [1.165, 1.54) is 4.68 Å². The van der Waals surface area contributed by atoms with E-state index in [1.54, 1.807) is 6.20 Å². The molecule has 0 atom stereocenters. The zero-order chi connectivity index (χ0) is 13.5. The maximum absolute atomic E-state index is 12.3. The standard InChI is InChI=1S/C12H22F2N4/c1-10-11(7-15-5-4-6-17(2)3)8-16-18(10)9-12(13)14/h8,12,15H,4-7,9H2,1-3H3. The van der Waals surface area contributed by atoms with Crippen molar-refractivity contribution in [3.63, 3.8) is 0 Å². The van der Waals surface area contributed by atoms with Crippen molar-refractivity contribution in [1.29, 1.82) is 0 Å². The molecule has 0 aliphatic rings. The molecule has 0 bridgehead atoms. The summed E-state index contributed by atoms with van der Waals surface area (Å²) in [4.78, 5) is 2.13. The van der Waals surface area contributed by atoms with Gasteiger partial charge in [0.2, 0.25) is 0 Å². The van der Waals surface area contributed by atoms with Crippen LogP contribution in [0.1, 0.15) is 17.7 Å². The number of alkyl halides is 2. The molecule has 0 saturated carbocycles. The summed E-state index contributed by atoms with van der Waals surface area (Å²) in [6.07, 6.45) is 0.373. The Labute approximate surface area is 107 Å². The normalized spacial score (nSPS) is 11.7. The highest BCUT2D eigenvalue weighted by Gasteiger charge is 2.10. The van der Waals surface area contributed by atoms with Crippen LogP contribution < -0.4 is 5.32 Å². The summed E-state index contributed by atoms with van der Waals surface area (Å²) >= 11 is 0. The van der Waals surface area contributed by atoms with Gasteiger partial charge in [-0.3, -0.25) is 4.68 Å². The van der Waals surface area contributed by atoms with E-state index in [9.17, 15) is 8.78 Å². The van der Waals surface area contributed by atoms with Crippen LogP contribution in [0.4, 0.5) is 8.78 Å². The molecule has 0 fully saturated rings. The number of nitrogens with one attached hydrogen (secondary N) is 1. The molecule has 18 heavy (non-hydrogen) atoms. The van der Waals surface area contributed by atoms with Gasteiger partial charge in [-0.15, -0.1) is 0 Å². The van der Waals surface area contributed by atoms with E-state index >= 15 is 0 Å². The van der Waals surface area contributed by atoms with Crippen molar-refractivity contribution in [3.8, 4) is 0 Å². The minimum Gasteiger partial charge on any atom is -0.312 e. The number of nitrogens with zero attached hydrogens (tertiary/aromatic N) is 3. The highest BCUT2D eigenvalue weighted by atomic mass is 19.3. The van der Waals surface area contributed by atoms with Crippen LogP contribution in [-0.2, 0) is 13.1 Å². The lowest BCUT2D eigenvalue weighted by Gasteiger charge is -2.09. The molecule has 1 heterocycles. The zero-order valence-corrected chi connectivity index (χ0v) is 11.3.